The van der Waals surface area contributed by atoms with Crippen molar-refractivity contribution in [2.75, 3.05) is 0 Å². The summed E-state index contributed by atoms with van der Waals surface area (Å²) >= 11 is 7.13. The second-order valence-electron chi connectivity index (χ2n) is 5.19. The lowest BCUT2D eigenvalue weighted by Gasteiger charge is -1.99. The fourth-order valence-electron chi connectivity index (χ4n) is 2.45. The number of hydrogen-bond acceptors (Lipinski definition) is 5. The molecule has 0 bridgehead atoms. The van der Waals surface area contributed by atoms with E-state index in [4.69, 9.17) is 11.6 Å². The number of thiophene rings is 1. The molecule has 0 spiro atoms. The molecule has 0 unspecified atom stereocenters. The molecule has 0 saturated heterocycles. The number of pyridine rings is 1. The van der Waals surface area contributed by atoms with Crippen molar-refractivity contribution in [2.24, 2.45) is 0 Å². The van der Waals surface area contributed by atoms with Crippen molar-refractivity contribution in [3.63, 3.8) is 0 Å². The average molecular weight is 379 g/mol. The summed E-state index contributed by atoms with van der Waals surface area (Å²) in [5, 5.41) is 7.84. The SMILES string of the molecule is O=S(=O)(Cc1ccc(Cl)s1)c1c[nH]c(-c2[nH]nc3ncccc23)c1. The van der Waals surface area contributed by atoms with E-state index in [0.717, 1.165) is 5.39 Å². The zero-order valence-corrected chi connectivity index (χ0v) is 14.5. The highest BCUT2D eigenvalue weighted by Crippen LogP contribution is 2.29. The molecular formula is C15H11ClN4O2S2. The summed E-state index contributed by atoms with van der Waals surface area (Å²) in [6.45, 7) is 0. The first kappa shape index (κ1) is 15.4. The zero-order chi connectivity index (χ0) is 16.7. The van der Waals surface area contributed by atoms with Crippen LogP contribution in [0.2, 0.25) is 4.34 Å². The van der Waals surface area contributed by atoms with Gasteiger partial charge in [0.15, 0.2) is 15.5 Å². The van der Waals surface area contributed by atoms with Crippen molar-refractivity contribution in [1.29, 1.82) is 0 Å². The molecule has 6 nitrogen and oxygen atoms in total. The standard InChI is InChI=1S/C15H11ClN4O2S2/c16-13-4-3-9(23-13)8-24(21,22)10-6-12(18-7-10)14-11-2-1-5-17-15(11)20-19-14/h1-7,18H,8H2,(H,17,19,20). The first-order chi connectivity index (χ1) is 11.5. The summed E-state index contributed by atoms with van der Waals surface area (Å²) in [5.41, 5.74) is 1.94. The fraction of sp³-hybridized carbons (Fsp3) is 0.0667. The summed E-state index contributed by atoms with van der Waals surface area (Å²) in [5.74, 6) is -0.0764. The number of nitrogens with zero attached hydrogens (tertiary/aromatic N) is 2. The molecule has 4 aromatic heterocycles. The lowest BCUT2D eigenvalue weighted by atomic mass is 10.2. The second-order valence-corrected chi connectivity index (χ2v) is 8.98. The number of halogens is 1. The number of hydrogen-bond donors (Lipinski definition) is 2. The van der Waals surface area contributed by atoms with Gasteiger partial charge in [0.25, 0.3) is 0 Å². The molecule has 0 saturated carbocycles. The van der Waals surface area contributed by atoms with Crippen molar-refractivity contribution >= 4 is 43.8 Å². The lowest BCUT2D eigenvalue weighted by molar-refractivity contribution is 0.596. The molecule has 9 heteroatoms. The highest BCUT2D eigenvalue weighted by atomic mass is 35.5. The minimum absolute atomic E-state index is 0.0764. The molecule has 4 rings (SSSR count). The van der Waals surface area contributed by atoms with Crippen molar-refractivity contribution in [1.82, 2.24) is 20.2 Å². The van der Waals surface area contributed by atoms with Gasteiger partial charge >= 0.3 is 0 Å². The molecule has 0 aliphatic carbocycles. The van der Waals surface area contributed by atoms with Crippen LogP contribution in [-0.2, 0) is 15.6 Å². The van der Waals surface area contributed by atoms with Crippen LogP contribution in [0.4, 0.5) is 0 Å². The minimum atomic E-state index is -3.45. The summed E-state index contributed by atoms with van der Waals surface area (Å²) in [6.07, 6.45) is 3.15. The number of aromatic amines is 2. The van der Waals surface area contributed by atoms with E-state index >= 15 is 0 Å². The summed E-state index contributed by atoms with van der Waals surface area (Å²) in [6, 6.07) is 8.71. The van der Waals surface area contributed by atoms with Crippen LogP contribution in [0.5, 0.6) is 0 Å². The molecule has 0 aromatic carbocycles. The predicted octanol–water partition coefficient (Wildman–Crippen LogP) is 3.64. The molecule has 0 aliphatic rings. The molecule has 4 aromatic rings. The van der Waals surface area contributed by atoms with Gasteiger partial charge in [-0.05, 0) is 30.3 Å². The van der Waals surface area contributed by atoms with Gasteiger partial charge in [-0.25, -0.2) is 13.4 Å². The van der Waals surface area contributed by atoms with Crippen molar-refractivity contribution in [3.8, 4) is 11.4 Å². The molecule has 24 heavy (non-hydrogen) atoms. The van der Waals surface area contributed by atoms with Crippen LogP contribution >= 0.6 is 22.9 Å². The maximum Gasteiger partial charge on any atom is 0.184 e. The van der Waals surface area contributed by atoms with Gasteiger partial charge in [0.1, 0.15) is 0 Å². The van der Waals surface area contributed by atoms with Crippen LogP contribution < -0.4 is 0 Å². The van der Waals surface area contributed by atoms with Gasteiger partial charge in [0.2, 0.25) is 0 Å². The Labute approximate surface area is 146 Å². The van der Waals surface area contributed by atoms with Crippen LogP contribution in [0.1, 0.15) is 4.88 Å². The van der Waals surface area contributed by atoms with Gasteiger partial charge in [0, 0.05) is 22.7 Å². The van der Waals surface area contributed by atoms with E-state index in [1.165, 1.54) is 17.5 Å². The average Bonchev–Trinajstić information content (AvgIpc) is 3.25. The molecule has 0 amide bonds. The molecule has 0 radical (unpaired) electrons. The van der Waals surface area contributed by atoms with E-state index in [1.807, 2.05) is 12.1 Å². The highest BCUT2D eigenvalue weighted by Gasteiger charge is 2.20. The van der Waals surface area contributed by atoms with Crippen LogP contribution in [0.15, 0.2) is 47.6 Å². The van der Waals surface area contributed by atoms with E-state index in [1.54, 1.807) is 24.4 Å². The number of sulfone groups is 1. The molecular weight excluding hydrogens is 368 g/mol. The van der Waals surface area contributed by atoms with Gasteiger partial charge in [-0.1, -0.05) is 11.6 Å². The molecule has 122 valence electrons. The van der Waals surface area contributed by atoms with Gasteiger partial charge in [-0.2, -0.15) is 5.10 Å². The third kappa shape index (κ3) is 2.72. The Bertz CT molecular complexity index is 1130. The molecule has 4 heterocycles. The quantitative estimate of drug-likeness (QED) is 0.567. The molecule has 0 fully saturated rings. The van der Waals surface area contributed by atoms with Crippen LogP contribution in [-0.4, -0.2) is 28.6 Å². The lowest BCUT2D eigenvalue weighted by Crippen LogP contribution is -2.02. The fourth-order valence-corrected chi connectivity index (χ4v) is 5.21. The van der Waals surface area contributed by atoms with Crippen molar-refractivity contribution in [3.05, 3.63) is 51.9 Å². The second kappa shape index (κ2) is 5.73. The molecule has 0 aliphatic heterocycles. The number of fused-ring (bicyclic) bond motifs is 1. The smallest absolute Gasteiger partial charge is 0.184 e. The van der Waals surface area contributed by atoms with Gasteiger partial charge < -0.3 is 4.98 Å². The number of nitrogens with one attached hydrogen (secondary N) is 2. The van der Waals surface area contributed by atoms with Gasteiger partial charge in [-0.3, -0.25) is 5.10 Å². The first-order valence-corrected chi connectivity index (χ1v) is 9.82. The van der Waals surface area contributed by atoms with E-state index in [2.05, 4.69) is 20.2 Å². The third-order valence-electron chi connectivity index (χ3n) is 3.58. The number of H-pyrrole nitrogens is 2. The molecule has 0 atom stereocenters. The topological polar surface area (TPSA) is 91.5 Å². The first-order valence-electron chi connectivity index (χ1n) is 6.98. The van der Waals surface area contributed by atoms with E-state index < -0.39 is 9.84 Å². The van der Waals surface area contributed by atoms with Crippen LogP contribution in [0, 0.1) is 0 Å². The Morgan fingerprint density at radius 3 is 2.92 bits per heavy atom. The maximum absolute atomic E-state index is 12.6. The van der Waals surface area contributed by atoms with Crippen molar-refractivity contribution < 1.29 is 8.42 Å². The zero-order valence-electron chi connectivity index (χ0n) is 12.2. The van der Waals surface area contributed by atoms with Crippen LogP contribution in [0.25, 0.3) is 22.4 Å². The van der Waals surface area contributed by atoms with Gasteiger partial charge in [0.05, 0.1) is 26.4 Å². The number of aromatic nitrogens is 4. The van der Waals surface area contributed by atoms with E-state index in [0.29, 0.717) is 26.2 Å². The third-order valence-corrected chi connectivity index (χ3v) is 6.63. The Balaban J connectivity index is 1.69. The van der Waals surface area contributed by atoms with Crippen molar-refractivity contribution in [2.45, 2.75) is 10.6 Å². The van der Waals surface area contributed by atoms with Gasteiger partial charge in [-0.15, -0.1) is 11.3 Å². The Morgan fingerprint density at radius 1 is 1.25 bits per heavy atom. The predicted molar refractivity (Wildman–Crippen MR) is 93.9 cm³/mol. The summed E-state index contributed by atoms with van der Waals surface area (Å²) < 4.78 is 25.7. The summed E-state index contributed by atoms with van der Waals surface area (Å²) in [7, 11) is -3.45. The Hall–Kier alpha value is -2.16. The van der Waals surface area contributed by atoms with Crippen LogP contribution in [0.3, 0.4) is 0 Å². The van der Waals surface area contributed by atoms with E-state index in [9.17, 15) is 8.42 Å². The summed E-state index contributed by atoms with van der Waals surface area (Å²) in [4.78, 5) is 8.09. The molecule has 2 N–H and O–H groups in total. The largest absolute Gasteiger partial charge is 0.359 e. The monoisotopic (exact) mass is 378 g/mol. The maximum atomic E-state index is 12.6. The Morgan fingerprint density at radius 2 is 2.12 bits per heavy atom. The number of rotatable bonds is 4. The highest BCUT2D eigenvalue weighted by molar-refractivity contribution is 7.90. The van der Waals surface area contributed by atoms with E-state index in [-0.39, 0.29) is 10.6 Å². The Kier molecular flexibility index (Phi) is 3.67. The minimum Gasteiger partial charge on any atom is -0.359 e. The normalized spacial score (nSPS) is 12.0.